The van der Waals surface area contributed by atoms with E-state index in [0.29, 0.717) is 5.28 Å². The van der Waals surface area contributed by atoms with E-state index < -0.39 is 0 Å². The Morgan fingerprint density at radius 2 is 2.36 bits per heavy atom. The third kappa shape index (κ3) is 1.53. The predicted molar refractivity (Wildman–Crippen MR) is 42.4 cm³/mol. The number of aromatic nitrogens is 3. The molecule has 60 valence electrons. The maximum Gasteiger partial charge on any atom is 0.242 e. The Hall–Kier alpha value is -0.570. The Morgan fingerprint density at radius 3 is 2.82 bits per heavy atom. The van der Waals surface area contributed by atoms with Crippen molar-refractivity contribution in [2.45, 2.75) is 25.7 Å². The van der Waals surface area contributed by atoms with Crippen molar-refractivity contribution in [3.63, 3.8) is 0 Å². The van der Waals surface area contributed by atoms with E-state index in [-0.39, 0.29) is 0 Å². The van der Waals surface area contributed by atoms with Crippen molar-refractivity contribution in [3.8, 4) is 0 Å². The second-order valence-electron chi connectivity index (χ2n) is 3.05. The molecule has 1 aliphatic rings. The molecule has 1 aromatic heterocycles. The summed E-state index contributed by atoms with van der Waals surface area (Å²) < 4.78 is 0. The first-order valence-corrected chi connectivity index (χ1v) is 4.29. The number of hydrogen-bond acceptors (Lipinski definition) is 2. The molecule has 0 atom stereocenters. The van der Waals surface area contributed by atoms with Gasteiger partial charge in [-0.3, -0.25) is 5.10 Å². The molecule has 0 radical (unpaired) electrons. The number of nitrogens with one attached hydrogen (secondary N) is 1. The zero-order valence-corrected chi connectivity index (χ0v) is 6.93. The zero-order valence-electron chi connectivity index (χ0n) is 6.18. The van der Waals surface area contributed by atoms with E-state index >= 15 is 0 Å². The Morgan fingerprint density at radius 1 is 1.55 bits per heavy atom. The lowest BCUT2D eigenvalue weighted by Gasteiger charge is -2.23. The Balaban J connectivity index is 1.95. The monoisotopic (exact) mass is 171 g/mol. The van der Waals surface area contributed by atoms with Gasteiger partial charge < -0.3 is 0 Å². The van der Waals surface area contributed by atoms with Crippen LogP contribution in [0.3, 0.4) is 0 Å². The van der Waals surface area contributed by atoms with Crippen LogP contribution in [0.25, 0.3) is 0 Å². The van der Waals surface area contributed by atoms with Crippen molar-refractivity contribution >= 4 is 11.6 Å². The lowest BCUT2D eigenvalue weighted by molar-refractivity contribution is 0.309. The zero-order chi connectivity index (χ0) is 7.68. The van der Waals surface area contributed by atoms with Crippen LogP contribution in [0, 0.1) is 5.92 Å². The lowest BCUT2D eigenvalue weighted by atomic mass is 9.83. The van der Waals surface area contributed by atoms with Gasteiger partial charge >= 0.3 is 0 Å². The maximum atomic E-state index is 5.55. The summed E-state index contributed by atoms with van der Waals surface area (Å²) in [5, 5.41) is 6.90. The Labute approximate surface area is 70.2 Å². The van der Waals surface area contributed by atoms with Crippen molar-refractivity contribution in [1.82, 2.24) is 15.2 Å². The number of aromatic amines is 1. The molecule has 0 spiro atoms. The van der Waals surface area contributed by atoms with Gasteiger partial charge in [0, 0.05) is 6.42 Å². The first-order valence-electron chi connectivity index (χ1n) is 3.91. The van der Waals surface area contributed by atoms with E-state index in [4.69, 9.17) is 11.6 Å². The fourth-order valence-electron chi connectivity index (χ4n) is 1.33. The Kier molecular flexibility index (Phi) is 1.82. The van der Waals surface area contributed by atoms with Crippen LogP contribution in [0.15, 0.2) is 0 Å². The van der Waals surface area contributed by atoms with Crippen LogP contribution in [0.5, 0.6) is 0 Å². The number of hydrogen-bond donors (Lipinski definition) is 1. The topological polar surface area (TPSA) is 41.6 Å². The summed E-state index contributed by atoms with van der Waals surface area (Å²) in [6.07, 6.45) is 5.04. The number of H-pyrrole nitrogens is 1. The van der Waals surface area contributed by atoms with Gasteiger partial charge in [0.15, 0.2) is 0 Å². The van der Waals surface area contributed by atoms with Crippen molar-refractivity contribution in [3.05, 3.63) is 11.1 Å². The van der Waals surface area contributed by atoms with Crippen molar-refractivity contribution in [2.75, 3.05) is 0 Å². The molecule has 0 aromatic carbocycles. The molecule has 1 N–H and O–H groups in total. The van der Waals surface area contributed by atoms with Gasteiger partial charge in [-0.15, -0.1) is 5.10 Å². The highest BCUT2D eigenvalue weighted by Crippen LogP contribution is 2.28. The molecule has 0 unspecified atom stereocenters. The third-order valence-corrected chi connectivity index (χ3v) is 2.38. The second-order valence-corrected chi connectivity index (χ2v) is 3.39. The van der Waals surface area contributed by atoms with Crippen molar-refractivity contribution in [1.29, 1.82) is 0 Å². The number of nitrogens with zero attached hydrogens (tertiary/aromatic N) is 2. The van der Waals surface area contributed by atoms with Gasteiger partial charge in [0.25, 0.3) is 0 Å². The van der Waals surface area contributed by atoms with Gasteiger partial charge in [-0.2, -0.15) is 0 Å². The van der Waals surface area contributed by atoms with Crippen LogP contribution in [-0.2, 0) is 6.42 Å². The van der Waals surface area contributed by atoms with Gasteiger partial charge in [0.05, 0.1) is 0 Å². The van der Waals surface area contributed by atoms with Gasteiger partial charge in [0.2, 0.25) is 5.28 Å². The van der Waals surface area contributed by atoms with E-state index in [1.54, 1.807) is 0 Å². The average Bonchev–Trinajstić information content (AvgIpc) is 2.27. The van der Waals surface area contributed by atoms with Crippen molar-refractivity contribution < 1.29 is 0 Å². The van der Waals surface area contributed by atoms with E-state index in [9.17, 15) is 0 Å². The van der Waals surface area contributed by atoms with Crippen LogP contribution in [0.2, 0.25) is 5.28 Å². The summed E-state index contributed by atoms with van der Waals surface area (Å²) >= 11 is 5.55. The molecule has 4 heteroatoms. The Bertz CT molecular complexity index is 242. The molecule has 3 nitrogen and oxygen atoms in total. The fourth-order valence-corrected chi connectivity index (χ4v) is 1.48. The molecule has 0 saturated heterocycles. The molecule has 1 heterocycles. The molecule has 0 amide bonds. The van der Waals surface area contributed by atoms with Crippen LogP contribution in [0.1, 0.15) is 25.1 Å². The fraction of sp³-hybridized carbons (Fsp3) is 0.714. The average molecular weight is 172 g/mol. The summed E-state index contributed by atoms with van der Waals surface area (Å²) in [7, 11) is 0. The van der Waals surface area contributed by atoms with Crippen LogP contribution >= 0.6 is 11.6 Å². The SMILES string of the molecule is Clc1n[nH]c(CC2CCC2)n1. The van der Waals surface area contributed by atoms with E-state index in [2.05, 4.69) is 15.2 Å². The number of halogens is 1. The molecule has 0 bridgehead atoms. The summed E-state index contributed by atoms with van der Waals surface area (Å²) in [5.41, 5.74) is 0. The number of rotatable bonds is 2. The maximum absolute atomic E-state index is 5.55. The third-order valence-electron chi connectivity index (χ3n) is 2.21. The minimum Gasteiger partial charge on any atom is -0.262 e. The van der Waals surface area contributed by atoms with E-state index in [0.717, 1.165) is 18.2 Å². The van der Waals surface area contributed by atoms with E-state index in [1.165, 1.54) is 19.3 Å². The van der Waals surface area contributed by atoms with Crippen LogP contribution in [-0.4, -0.2) is 15.2 Å². The highest BCUT2D eigenvalue weighted by Gasteiger charge is 2.19. The highest BCUT2D eigenvalue weighted by atomic mass is 35.5. The quantitative estimate of drug-likeness (QED) is 0.738. The predicted octanol–water partition coefficient (Wildman–Crippen LogP) is 1.80. The van der Waals surface area contributed by atoms with Gasteiger partial charge in [0.1, 0.15) is 5.82 Å². The molecule has 11 heavy (non-hydrogen) atoms. The standard InChI is InChI=1S/C7H10ClN3/c8-7-9-6(10-11-7)4-5-2-1-3-5/h5H,1-4H2,(H,9,10,11). The normalized spacial score (nSPS) is 18.3. The van der Waals surface area contributed by atoms with E-state index in [1.807, 2.05) is 0 Å². The molecule has 0 aliphatic heterocycles. The lowest BCUT2D eigenvalue weighted by Crippen LogP contribution is -2.14. The summed E-state index contributed by atoms with van der Waals surface area (Å²) in [6.45, 7) is 0. The molecule has 1 aromatic rings. The van der Waals surface area contributed by atoms with Crippen LogP contribution in [0.4, 0.5) is 0 Å². The van der Waals surface area contributed by atoms with Crippen LogP contribution < -0.4 is 0 Å². The summed E-state index contributed by atoms with van der Waals surface area (Å²) in [6, 6.07) is 0. The smallest absolute Gasteiger partial charge is 0.242 e. The largest absolute Gasteiger partial charge is 0.262 e. The first kappa shape index (κ1) is 7.10. The van der Waals surface area contributed by atoms with Gasteiger partial charge in [-0.05, 0) is 17.5 Å². The van der Waals surface area contributed by atoms with Gasteiger partial charge in [-0.1, -0.05) is 19.3 Å². The summed E-state index contributed by atoms with van der Waals surface area (Å²) in [5.74, 6) is 1.75. The highest BCUT2D eigenvalue weighted by molar-refractivity contribution is 6.28. The first-order chi connectivity index (χ1) is 5.34. The molecule has 1 saturated carbocycles. The van der Waals surface area contributed by atoms with Gasteiger partial charge in [-0.25, -0.2) is 4.98 Å². The molecule has 2 rings (SSSR count). The molecule has 1 aliphatic carbocycles. The second kappa shape index (κ2) is 2.81. The molecule has 1 fully saturated rings. The minimum absolute atomic E-state index is 0.333. The molecular weight excluding hydrogens is 162 g/mol. The molecular formula is C7H10ClN3. The van der Waals surface area contributed by atoms with Crippen molar-refractivity contribution in [2.24, 2.45) is 5.92 Å². The summed E-state index contributed by atoms with van der Waals surface area (Å²) in [4.78, 5) is 4.03. The minimum atomic E-state index is 0.333.